The number of aromatic nitrogens is 2. The van der Waals surface area contributed by atoms with E-state index in [-0.39, 0.29) is 11.5 Å². The Hall–Kier alpha value is -2.58. The Labute approximate surface area is 170 Å². The molecule has 0 saturated carbocycles. The Kier molecular flexibility index (Phi) is 5.23. The molecular formula is C20H18ClF3N4O. The van der Waals surface area contributed by atoms with Crippen molar-refractivity contribution in [3.05, 3.63) is 70.6 Å². The standard InChI is InChI=1S/C20H18ClF3N4O/c21-16-5-6-18-25-17(13-28(18)11-16)12-26-7-9-27(10-8-26)19(29)14-1-3-15(4-2-14)20(22,23)24/h1-6,11,13H,7-10,12H2. The monoisotopic (exact) mass is 422 g/mol. The maximum atomic E-state index is 12.7. The van der Waals surface area contributed by atoms with Crippen LogP contribution in [0.3, 0.4) is 0 Å². The minimum atomic E-state index is -4.41. The molecule has 29 heavy (non-hydrogen) atoms. The Bertz CT molecular complexity index is 1020. The van der Waals surface area contributed by atoms with E-state index in [4.69, 9.17) is 11.6 Å². The Balaban J connectivity index is 1.35. The highest BCUT2D eigenvalue weighted by Crippen LogP contribution is 2.29. The number of pyridine rings is 1. The molecule has 3 aromatic rings. The van der Waals surface area contributed by atoms with Gasteiger partial charge in [0, 0.05) is 50.7 Å². The lowest BCUT2D eigenvalue weighted by Crippen LogP contribution is -2.48. The van der Waals surface area contributed by atoms with E-state index >= 15 is 0 Å². The second kappa shape index (κ2) is 7.68. The van der Waals surface area contributed by atoms with Crippen LogP contribution in [-0.2, 0) is 12.7 Å². The summed E-state index contributed by atoms with van der Waals surface area (Å²) >= 11 is 5.99. The number of hydrogen-bond donors (Lipinski definition) is 0. The molecule has 1 aliphatic heterocycles. The van der Waals surface area contributed by atoms with E-state index in [9.17, 15) is 18.0 Å². The molecule has 0 radical (unpaired) electrons. The number of imidazole rings is 1. The van der Waals surface area contributed by atoms with E-state index in [1.54, 1.807) is 17.2 Å². The molecule has 2 aromatic heterocycles. The minimum Gasteiger partial charge on any atom is -0.336 e. The van der Waals surface area contributed by atoms with Crippen LogP contribution in [0.4, 0.5) is 13.2 Å². The molecule has 4 rings (SSSR count). The number of benzene rings is 1. The number of carbonyl (C=O) groups is 1. The zero-order valence-corrected chi connectivity index (χ0v) is 16.1. The highest BCUT2D eigenvalue weighted by molar-refractivity contribution is 6.30. The fourth-order valence-corrected chi connectivity index (χ4v) is 3.58. The number of hydrogen-bond acceptors (Lipinski definition) is 3. The van der Waals surface area contributed by atoms with Gasteiger partial charge in [-0.3, -0.25) is 9.69 Å². The van der Waals surface area contributed by atoms with E-state index in [1.165, 1.54) is 12.1 Å². The van der Waals surface area contributed by atoms with Gasteiger partial charge in [-0.2, -0.15) is 13.2 Å². The smallest absolute Gasteiger partial charge is 0.336 e. The van der Waals surface area contributed by atoms with Crippen molar-refractivity contribution in [2.24, 2.45) is 0 Å². The van der Waals surface area contributed by atoms with Crippen molar-refractivity contribution in [2.45, 2.75) is 12.7 Å². The normalized spacial score (nSPS) is 15.8. The fourth-order valence-electron chi connectivity index (χ4n) is 3.42. The van der Waals surface area contributed by atoms with Crippen molar-refractivity contribution in [3.8, 4) is 0 Å². The quantitative estimate of drug-likeness (QED) is 0.641. The van der Waals surface area contributed by atoms with E-state index in [0.717, 1.165) is 23.5 Å². The van der Waals surface area contributed by atoms with E-state index < -0.39 is 11.7 Å². The van der Waals surface area contributed by atoms with Gasteiger partial charge in [0.25, 0.3) is 5.91 Å². The molecule has 1 aliphatic rings. The number of fused-ring (bicyclic) bond motifs is 1. The molecule has 152 valence electrons. The third-order valence-corrected chi connectivity index (χ3v) is 5.19. The topological polar surface area (TPSA) is 40.9 Å². The number of piperazine rings is 1. The molecule has 1 fully saturated rings. The summed E-state index contributed by atoms with van der Waals surface area (Å²) < 4.78 is 39.9. The molecule has 0 atom stereocenters. The molecule has 3 heterocycles. The highest BCUT2D eigenvalue weighted by Gasteiger charge is 2.30. The summed E-state index contributed by atoms with van der Waals surface area (Å²) in [7, 11) is 0. The molecule has 0 spiro atoms. The van der Waals surface area contributed by atoms with Crippen LogP contribution < -0.4 is 0 Å². The molecule has 1 aromatic carbocycles. The first-order chi connectivity index (χ1) is 13.8. The number of nitrogens with zero attached hydrogens (tertiary/aromatic N) is 4. The molecule has 0 bridgehead atoms. The average molecular weight is 423 g/mol. The summed E-state index contributed by atoms with van der Waals surface area (Å²) in [6.07, 6.45) is -0.675. The zero-order valence-electron chi connectivity index (χ0n) is 15.4. The van der Waals surface area contributed by atoms with Crippen LogP contribution in [0.2, 0.25) is 5.02 Å². The van der Waals surface area contributed by atoms with Crippen LogP contribution in [0.15, 0.2) is 48.8 Å². The van der Waals surface area contributed by atoms with Gasteiger partial charge in [-0.05, 0) is 36.4 Å². The predicted octanol–water partition coefficient (Wildman–Crippen LogP) is 3.96. The second-order valence-electron chi connectivity index (χ2n) is 6.99. The van der Waals surface area contributed by atoms with Gasteiger partial charge in [0.2, 0.25) is 0 Å². The van der Waals surface area contributed by atoms with Crippen LogP contribution in [0.5, 0.6) is 0 Å². The Morgan fingerprint density at radius 1 is 1.00 bits per heavy atom. The lowest BCUT2D eigenvalue weighted by molar-refractivity contribution is -0.137. The van der Waals surface area contributed by atoms with Gasteiger partial charge in [0.1, 0.15) is 5.65 Å². The molecule has 0 N–H and O–H groups in total. The lowest BCUT2D eigenvalue weighted by atomic mass is 10.1. The molecular weight excluding hydrogens is 405 g/mol. The van der Waals surface area contributed by atoms with Gasteiger partial charge in [0.15, 0.2) is 0 Å². The van der Waals surface area contributed by atoms with E-state index in [2.05, 4.69) is 9.88 Å². The van der Waals surface area contributed by atoms with Crippen molar-refractivity contribution in [1.82, 2.24) is 19.2 Å². The predicted molar refractivity (Wildman–Crippen MR) is 103 cm³/mol. The summed E-state index contributed by atoms with van der Waals surface area (Å²) in [5.74, 6) is -0.249. The first-order valence-corrected chi connectivity index (χ1v) is 9.49. The number of halogens is 4. The van der Waals surface area contributed by atoms with Crippen LogP contribution in [0.1, 0.15) is 21.6 Å². The molecule has 1 saturated heterocycles. The molecule has 9 heteroatoms. The minimum absolute atomic E-state index is 0.249. The van der Waals surface area contributed by atoms with Crippen LogP contribution >= 0.6 is 11.6 Å². The molecule has 0 unspecified atom stereocenters. The zero-order chi connectivity index (χ0) is 20.6. The number of rotatable bonds is 3. The highest BCUT2D eigenvalue weighted by atomic mass is 35.5. The molecule has 0 aliphatic carbocycles. The molecule has 5 nitrogen and oxygen atoms in total. The van der Waals surface area contributed by atoms with Gasteiger partial charge in [-0.1, -0.05) is 11.6 Å². The summed E-state index contributed by atoms with van der Waals surface area (Å²) in [6, 6.07) is 8.00. The lowest BCUT2D eigenvalue weighted by Gasteiger charge is -2.34. The van der Waals surface area contributed by atoms with Gasteiger partial charge in [-0.25, -0.2) is 4.98 Å². The maximum absolute atomic E-state index is 12.7. The Morgan fingerprint density at radius 3 is 2.34 bits per heavy atom. The van der Waals surface area contributed by atoms with Crippen molar-refractivity contribution >= 4 is 23.2 Å². The first kappa shape index (κ1) is 19.7. The number of alkyl halides is 3. The van der Waals surface area contributed by atoms with Crippen molar-refractivity contribution in [2.75, 3.05) is 26.2 Å². The van der Waals surface area contributed by atoms with E-state index in [1.807, 2.05) is 16.7 Å². The van der Waals surface area contributed by atoms with Gasteiger partial charge < -0.3 is 9.30 Å². The maximum Gasteiger partial charge on any atom is 0.416 e. The summed E-state index contributed by atoms with van der Waals surface area (Å²) in [5, 5.41) is 0.636. The SMILES string of the molecule is O=C(c1ccc(C(F)(F)F)cc1)N1CCN(Cc2cn3cc(Cl)ccc3n2)CC1. The summed E-state index contributed by atoms with van der Waals surface area (Å²) in [5.41, 5.74) is 1.24. The third-order valence-electron chi connectivity index (χ3n) is 4.97. The Morgan fingerprint density at radius 2 is 1.69 bits per heavy atom. The van der Waals surface area contributed by atoms with Gasteiger partial charge in [0.05, 0.1) is 16.3 Å². The number of amides is 1. The van der Waals surface area contributed by atoms with Crippen LogP contribution in [0, 0.1) is 0 Å². The van der Waals surface area contributed by atoms with Crippen LogP contribution in [0.25, 0.3) is 5.65 Å². The van der Waals surface area contributed by atoms with Gasteiger partial charge in [-0.15, -0.1) is 0 Å². The van der Waals surface area contributed by atoms with Crippen molar-refractivity contribution < 1.29 is 18.0 Å². The van der Waals surface area contributed by atoms with Crippen molar-refractivity contribution in [3.63, 3.8) is 0 Å². The second-order valence-corrected chi connectivity index (χ2v) is 7.42. The first-order valence-electron chi connectivity index (χ1n) is 9.11. The largest absolute Gasteiger partial charge is 0.416 e. The van der Waals surface area contributed by atoms with Crippen LogP contribution in [-0.4, -0.2) is 51.3 Å². The summed E-state index contributed by atoms with van der Waals surface area (Å²) in [4.78, 5) is 21.0. The average Bonchev–Trinajstić information content (AvgIpc) is 3.09. The van der Waals surface area contributed by atoms with Gasteiger partial charge >= 0.3 is 6.18 Å². The fraction of sp³-hybridized carbons (Fsp3) is 0.300. The van der Waals surface area contributed by atoms with Crippen molar-refractivity contribution in [1.29, 1.82) is 0 Å². The summed E-state index contributed by atoms with van der Waals surface area (Å²) in [6.45, 7) is 3.02. The molecule has 1 amide bonds. The number of carbonyl (C=O) groups excluding carboxylic acids is 1. The van der Waals surface area contributed by atoms with E-state index in [0.29, 0.717) is 37.7 Å². The third kappa shape index (κ3) is 4.38.